The third-order valence-corrected chi connectivity index (χ3v) is 5.20. The highest BCUT2D eigenvalue weighted by atomic mass is 32.2. The molecule has 0 aromatic rings. The summed E-state index contributed by atoms with van der Waals surface area (Å²) in [4.78, 5) is 0. The summed E-state index contributed by atoms with van der Waals surface area (Å²) in [6.07, 6.45) is 7.64. The van der Waals surface area contributed by atoms with Crippen LogP contribution < -0.4 is 5.73 Å². The topological polar surface area (TPSA) is 35.2 Å². The van der Waals surface area contributed by atoms with E-state index < -0.39 is 0 Å². The van der Waals surface area contributed by atoms with Crippen molar-refractivity contribution in [2.24, 2.45) is 5.73 Å². The van der Waals surface area contributed by atoms with E-state index in [-0.39, 0.29) is 0 Å². The fraction of sp³-hybridized carbons (Fsp3) is 1.00. The van der Waals surface area contributed by atoms with Gasteiger partial charge in [0, 0.05) is 17.1 Å². The summed E-state index contributed by atoms with van der Waals surface area (Å²) in [5.41, 5.74) is 5.89. The number of rotatable bonds is 4. The predicted octanol–water partition coefficient (Wildman–Crippen LogP) is 2.56. The molecule has 2 nitrogen and oxygen atoms in total. The minimum Gasteiger partial charge on any atom is -0.375 e. The lowest BCUT2D eigenvalue weighted by Gasteiger charge is -2.47. The molecule has 2 rings (SSSR count). The van der Waals surface area contributed by atoms with Crippen molar-refractivity contribution in [2.75, 3.05) is 13.2 Å². The predicted molar refractivity (Wildman–Crippen MR) is 66.3 cm³/mol. The first kappa shape index (κ1) is 11.7. The van der Waals surface area contributed by atoms with E-state index in [1.165, 1.54) is 32.1 Å². The molecule has 2 aliphatic rings. The highest BCUT2D eigenvalue weighted by Crippen LogP contribution is 2.45. The quantitative estimate of drug-likeness (QED) is 0.804. The van der Waals surface area contributed by atoms with Crippen molar-refractivity contribution in [3.63, 3.8) is 0 Å². The van der Waals surface area contributed by atoms with E-state index in [0.29, 0.717) is 5.60 Å². The molecule has 0 radical (unpaired) electrons. The Kier molecular flexibility index (Phi) is 3.97. The third kappa shape index (κ3) is 2.89. The lowest BCUT2D eigenvalue weighted by molar-refractivity contribution is -0.125. The van der Waals surface area contributed by atoms with Gasteiger partial charge in [-0.15, -0.1) is 0 Å². The highest BCUT2D eigenvalue weighted by Gasteiger charge is 2.42. The zero-order chi connectivity index (χ0) is 10.7. The fourth-order valence-corrected chi connectivity index (χ4v) is 4.21. The molecule has 2 N–H and O–H groups in total. The molecular formula is C12H23NOS. The van der Waals surface area contributed by atoms with Crippen molar-refractivity contribution < 1.29 is 4.74 Å². The molecular weight excluding hydrogens is 206 g/mol. The molecule has 3 heteroatoms. The molecule has 2 atom stereocenters. The average Bonchev–Trinajstić information content (AvgIpc) is 2.16. The summed E-state index contributed by atoms with van der Waals surface area (Å²) < 4.78 is 5.94. The Balaban J connectivity index is 1.77. The van der Waals surface area contributed by atoms with E-state index in [4.69, 9.17) is 10.5 Å². The van der Waals surface area contributed by atoms with Gasteiger partial charge >= 0.3 is 0 Å². The molecule has 1 spiro atoms. The molecule has 15 heavy (non-hydrogen) atoms. The molecule has 1 aliphatic heterocycles. The smallest absolute Gasteiger partial charge is 0.0693 e. The summed E-state index contributed by atoms with van der Waals surface area (Å²) >= 11 is 2.14. The number of thioether (sulfide) groups is 1. The van der Waals surface area contributed by atoms with E-state index in [1.54, 1.807) is 0 Å². The summed E-state index contributed by atoms with van der Waals surface area (Å²) in [5, 5.41) is 1.54. The largest absolute Gasteiger partial charge is 0.375 e. The van der Waals surface area contributed by atoms with Crippen LogP contribution in [0.2, 0.25) is 0 Å². The van der Waals surface area contributed by atoms with Crippen LogP contribution in [0.3, 0.4) is 0 Å². The normalized spacial score (nSPS) is 31.2. The minimum absolute atomic E-state index is 0.304. The lowest BCUT2D eigenvalue weighted by atomic mass is 9.75. The van der Waals surface area contributed by atoms with Crippen molar-refractivity contribution in [3.05, 3.63) is 0 Å². The summed E-state index contributed by atoms with van der Waals surface area (Å²) in [5.74, 6) is 0. The SMILES string of the molecule is CC(CCN)SC1CCOC2(CCC2)C1. The number of nitrogens with two attached hydrogens (primary N) is 1. The van der Waals surface area contributed by atoms with Crippen LogP contribution in [0.5, 0.6) is 0 Å². The number of ether oxygens (including phenoxy) is 1. The van der Waals surface area contributed by atoms with Crippen molar-refractivity contribution in [1.29, 1.82) is 0 Å². The van der Waals surface area contributed by atoms with Gasteiger partial charge in [-0.2, -0.15) is 11.8 Å². The van der Waals surface area contributed by atoms with Crippen molar-refractivity contribution >= 4 is 11.8 Å². The first-order valence-corrected chi connectivity index (χ1v) is 7.18. The van der Waals surface area contributed by atoms with Gasteiger partial charge in [-0.05, 0) is 45.1 Å². The summed E-state index contributed by atoms with van der Waals surface area (Å²) in [6.45, 7) is 4.11. The van der Waals surface area contributed by atoms with Gasteiger partial charge in [0.05, 0.1) is 5.60 Å². The van der Waals surface area contributed by atoms with Gasteiger partial charge in [-0.1, -0.05) is 6.92 Å². The maximum atomic E-state index is 5.94. The zero-order valence-corrected chi connectivity index (χ0v) is 10.5. The lowest BCUT2D eigenvalue weighted by Crippen LogP contribution is -2.46. The van der Waals surface area contributed by atoms with Crippen molar-refractivity contribution in [3.8, 4) is 0 Å². The average molecular weight is 229 g/mol. The van der Waals surface area contributed by atoms with E-state index in [9.17, 15) is 0 Å². The Morgan fingerprint density at radius 2 is 2.33 bits per heavy atom. The number of hydrogen-bond donors (Lipinski definition) is 1. The first-order valence-electron chi connectivity index (χ1n) is 6.24. The van der Waals surface area contributed by atoms with Crippen LogP contribution in [0.25, 0.3) is 0 Å². The molecule has 0 bridgehead atoms. The third-order valence-electron chi connectivity index (χ3n) is 3.71. The van der Waals surface area contributed by atoms with Gasteiger partial charge in [0.1, 0.15) is 0 Å². The first-order chi connectivity index (χ1) is 7.24. The molecule has 1 aliphatic carbocycles. The van der Waals surface area contributed by atoms with Crippen LogP contribution in [0.4, 0.5) is 0 Å². The molecule has 1 heterocycles. The van der Waals surface area contributed by atoms with Crippen molar-refractivity contribution in [2.45, 2.75) is 61.5 Å². The standard InChI is InChI=1S/C12H23NOS/c1-10(3-7-13)15-11-4-8-14-12(9-11)5-2-6-12/h10-11H,2-9,13H2,1H3. The van der Waals surface area contributed by atoms with Crippen LogP contribution in [-0.4, -0.2) is 29.3 Å². The summed E-state index contributed by atoms with van der Waals surface area (Å²) in [7, 11) is 0. The Morgan fingerprint density at radius 3 is 2.93 bits per heavy atom. The molecule has 1 saturated heterocycles. The molecule has 1 saturated carbocycles. The summed E-state index contributed by atoms with van der Waals surface area (Å²) in [6, 6.07) is 0. The monoisotopic (exact) mass is 229 g/mol. The Hall–Kier alpha value is 0.270. The Morgan fingerprint density at radius 1 is 1.53 bits per heavy atom. The maximum Gasteiger partial charge on any atom is 0.0693 e. The second-order valence-electron chi connectivity index (χ2n) is 5.02. The molecule has 0 aromatic heterocycles. The molecule has 0 amide bonds. The Bertz CT molecular complexity index is 206. The zero-order valence-electron chi connectivity index (χ0n) is 9.71. The van der Waals surface area contributed by atoms with Crippen LogP contribution in [-0.2, 0) is 4.74 Å². The van der Waals surface area contributed by atoms with E-state index in [0.717, 1.165) is 30.1 Å². The molecule has 0 aromatic carbocycles. The van der Waals surface area contributed by atoms with Crippen LogP contribution in [0.15, 0.2) is 0 Å². The van der Waals surface area contributed by atoms with Crippen LogP contribution >= 0.6 is 11.8 Å². The van der Waals surface area contributed by atoms with Gasteiger partial charge in [0.15, 0.2) is 0 Å². The second kappa shape index (κ2) is 5.07. The van der Waals surface area contributed by atoms with Gasteiger partial charge in [0.25, 0.3) is 0 Å². The van der Waals surface area contributed by atoms with E-state index in [2.05, 4.69) is 18.7 Å². The van der Waals surface area contributed by atoms with Gasteiger partial charge in [-0.3, -0.25) is 0 Å². The minimum atomic E-state index is 0.304. The fourth-order valence-electron chi connectivity index (χ4n) is 2.65. The Labute approximate surface area is 97.3 Å². The number of hydrogen-bond acceptors (Lipinski definition) is 3. The highest BCUT2D eigenvalue weighted by molar-refractivity contribution is 8.00. The van der Waals surface area contributed by atoms with Crippen LogP contribution in [0, 0.1) is 0 Å². The van der Waals surface area contributed by atoms with Gasteiger partial charge in [-0.25, -0.2) is 0 Å². The van der Waals surface area contributed by atoms with Crippen molar-refractivity contribution in [1.82, 2.24) is 0 Å². The second-order valence-corrected chi connectivity index (χ2v) is 6.77. The van der Waals surface area contributed by atoms with Gasteiger partial charge < -0.3 is 10.5 Å². The van der Waals surface area contributed by atoms with Crippen LogP contribution in [0.1, 0.15) is 45.4 Å². The van der Waals surface area contributed by atoms with Gasteiger partial charge in [0.2, 0.25) is 0 Å². The van der Waals surface area contributed by atoms with E-state index in [1.807, 2.05) is 0 Å². The van der Waals surface area contributed by atoms with E-state index >= 15 is 0 Å². The molecule has 88 valence electrons. The molecule has 2 fully saturated rings. The molecule has 2 unspecified atom stereocenters. The maximum absolute atomic E-state index is 5.94.